The largest absolute Gasteiger partial charge is 0.446 e. The lowest BCUT2D eigenvalue weighted by molar-refractivity contribution is 0.0707. The van der Waals surface area contributed by atoms with Gasteiger partial charge in [0.25, 0.3) is 0 Å². The molecule has 0 spiro atoms. The minimum atomic E-state index is -3.96. The number of carbonyl (C=O) groups is 1. The van der Waals surface area contributed by atoms with Crippen LogP contribution in [-0.2, 0) is 27.8 Å². The number of hydrogen-bond acceptors (Lipinski definition) is 7. The Kier molecular flexibility index (Phi) is 12.0. The van der Waals surface area contributed by atoms with Crippen molar-refractivity contribution in [3.63, 3.8) is 0 Å². The molecule has 0 aliphatic heterocycles. The van der Waals surface area contributed by atoms with Crippen LogP contribution in [0, 0.1) is 17.8 Å². The van der Waals surface area contributed by atoms with Crippen molar-refractivity contribution in [2.75, 3.05) is 19.7 Å². The molecule has 1 unspecified atom stereocenters. The van der Waals surface area contributed by atoms with Gasteiger partial charge < -0.3 is 25.4 Å². The number of sulfonamides is 1. The Hall–Kier alpha value is -2.50. The summed E-state index contributed by atoms with van der Waals surface area (Å²) < 4.78 is 34.1. The third-order valence-corrected chi connectivity index (χ3v) is 9.39. The van der Waals surface area contributed by atoms with E-state index in [0.717, 1.165) is 5.56 Å². The van der Waals surface area contributed by atoms with Gasteiger partial charge in [-0.25, -0.2) is 13.2 Å². The van der Waals surface area contributed by atoms with Crippen LogP contribution in [0.5, 0.6) is 0 Å². The molecule has 1 fully saturated rings. The summed E-state index contributed by atoms with van der Waals surface area (Å²) in [5.41, 5.74) is 1.47. The lowest BCUT2D eigenvalue weighted by atomic mass is 9.95. The fourth-order valence-electron chi connectivity index (χ4n) is 5.36. The van der Waals surface area contributed by atoms with Crippen LogP contribution >= 0.6 is 0 Å². The molecule has 1 aliphatic carbocycles. The number of nitrogens with zero attached hydrogens (tertiary/aromatic N) is 1. The molecule has 5 atom stereocenters. The Morgan fingerprint density at radius 3 is 2.30 bits per heavy atom. The highest BCUT2D eigenvalue weighted by Crippen LogP contribution is 2.35. The minimum Gasteiger partial charge on any atom is -0.446 e. The van der Waals surface area contributed by atoms with Gasteiger partial charge in [-0.1, -0.05) is 63.2 Å². The van der Waals surface area contributed by atoms with Gasteiger partial charge in [0, 0.05) is 19.7 Å². The lowest BCUT2D eigenvalue weighted by Gasteiger charge is -2.31. The number of alkyl carbamates (subject to hydrolysis) is 1. The van der Waals surface area contributed by atoms with Gasteiger partial charge in [-0.05, 0) is 66.7 Å². The van der Waals surface area contributed by atoms with Crippen LogP contribution in [0.1, 0.15) is 51.2 Å². The van der Waals surface area contributed by atoms with Crippen molar-refractivity contribution in [2.45, 2.75) is 76.2 Å². The predicted octanol–water partition coefficient (Wildman–Crippen LogP) is 3.32. The first kappa shape index (κ1) is 32.0. The number of ether oxygens (including phenoxy) is 1. The van der Waals surface area contributed by atoms with E-state index in [1.54, 1.807) is 12.1 Å². The average molecular weight is 577 g/mol. The maximum atomic E-state index is 13.6. The number of aliphatic hydroxyl groups excluding tert-OH is 3. The summed E-state index contributed by atoms with van der Waals surface area (Å²) in [6, 6.07) is 14.6. The van der Waals surface area contributed by atoms with Gasteiger partial charge >= 0.3 is 6.09 Å². The molecular weight excluding hydrogens is 532 g/mol. The van der Waals surface area contributed by atoms with Crippen molar-refractivity contribution in [2.24, 2.45) is 17.8 Å². The Morgan fingerprint density at radius 1 is 1.02 bits per heavy atom. The highest BCUT2D eigenvalue weighted by Gasteiger charge is 2.35. The van der Waals surface area contributed by atoms with Crippen molar-refractivity contribution in [1.29, 1.82) is 0 Å². The van der Waals surface area contributed by atoms with Gasteiger partial charge in [0.1, 0.15) is 6.10 Å². The molecule has 1 aliphatic rings. The van der Waals surface area contributed by atoms with E-state index in [1.165, 1.54) is 16.4 Å². The smallest absolute Gasteiger partial charge is 0.407 e. The number of amides is 1. The molecule has 0 heterocycles. The quantitative estimate of drug-likeness (QED) is 0.271. The molecule has 1 saturated carbocycles. The second-order valence-electron chi connectivity index (χ2n) is 11.3. The maximum absolute atomic E-state index is 13.6. The SMILES string of the molecule is CC(C)CN(C[C@H](O)C(Cc1ccccc1)NC(=O)O[C@@H]1C[C@H](CCO)[C@H](C)C1)S(=O)(=O)c1ccc(CO)cc1. The molecule has 222 valence electrons. The zero-order valence-corrected chi connectivity index (χ0v) is 24.5. The number of rotatable bonds is 14. The van der Waals surface area contributed by atoms with Gasteiger partial charge in [0.15, 0.2) is 0 Å². The van der Waals surface area contributed by atoms with E-state index in [-0.39, 0.29) is 55.6 Å². The molecule has 3 rings (SSSR count). The van der Waals surface area contributed by atoms with Crippen molar-refractivity contribution in [1.82, 2.24) is 9.62 Å². The molecule has 4 N–H and O–H groups in total. The third-order valence-electron chi connectivity index (χ3n) is 7.55. The van der Waals surface area contributed by atoms with Gasteiger partial charge in [-0.3, -0.25) is 0 Å². The van der Waals surface area contributed by atoms with E-state index in [9.17, 15) is 28.5 Å². The van der Waals surface area contributed by atoms with Gasteiger partial charge in [0.2, 0.25) is 10.0 Å². The van der Waals surface area contributed by atoms with E-state index < -0.39 is 28.3 Å². The van der Waals surface area contributed by atoms with E-state index in [2.05, 4.69) is 12.2 Å². The minimum absolute atomic E-state index is 0.0135. The molecule has 2 aromatic carbocycles. The van der Waals surface area contributed by atoms with Crippen LogP contribution in [0.25, 0.3) is 0 Å². The second kappa shape index (κ2) is 14.9. The highest BCUT2D eigenvalue weighted by atomic mass is 32.2. The summed E-state index contributed by atoms with van der Waals surface area (Å²) in [7, 11) is -3.96. The topological polar surface area (TPSA) is 136 Å². The van der Waals surface area contributed by atoms with Crippen molar-refractivity contribution < 1.29 is 33.3 Å². The molecule has 0 saturated heterocycles. The fourth-order valence-corrected chi connectivity index (χ4v) is 6.98. The number of hydrogen-bond donors (Lipinski definition) is 4. The van der Waals surface area contributed by atoms with Gasteiger partial charge in [0.05, 0.1) is 23.6 Å². The van der Waals surface area contributed by atoms with Crippen LogP contribution in [-0.4, -0.2) is 72.1 Å². The zero-order valence-electron chi connectivity index (χ0n) is 23.6. The summed E-state index contributed by atoms with van der Waals surface area (Å²) in [4.78, 5) is 13.0. The number of nitrogens with one attached hydrogen (secondary N) is 1. The summed E-state index contributed by atoms with van der Waals surface area (Å²) in [6.45, 7) is 5.74. The molecule has 2 aromatic rings. The van der Waals surface area contributed by atoms with E-state index >= 15 is 0 Å². The molecule has 10 heteroatoms. The highest BCUT2D eigenvalue weighted by molar-refractivity contribution is 7.89. The van der Waals surface area contributed by atoms with E-state index in [4.69, 9.17) is 4.74 Å². The van der Waals surface area contributed by atoms with Crippen LogP contribution < -0.4 is 5.32 Å². The molecule has 0 bridgehead atoms. The molecule has 9 nitrogen and oxygen atoms in total. The Bertz CT molecular complexity index is 1160. The summed E-state index contributed by atoms with van der Waals surface area (Å²) >= 11 is 0. The standard InChI is InChI=1S/C30H44N2O7S/c1-21(2)18-32(40(37,38)27-11-9-24(20-34)10-12-27)19-29(35)28(16-23-7-5-4-6-8-23)31-30(36)39-26-15-22(3)25(17-26)13-14-33/h4-12,21-22,25-26,28-29,33-35H,13-20H2,1-3H3,(H,31,36)/t22-,25+,26+,28?,29+/m1/s1. The first-order valence-electron chi connectivity index (χ1n) is 14.0. The first-order chi connectivity index (χ1) is 19.0. The summed E-state index contributed by atoms with van der Waals surface area (Å²) in [5.74, 6) is 0.604. The van der Waals surface area contributed by atoms with Gasteiger partial charge in [-0.15, -0.1) is 0 Å². The lowest BCUT2D eigenvalue weighted by Crippen LogP contribution is -2.51. The first-order valence-corrected chi connectivity index (χ1v) is 15.5. The fraction of sp³-hybridized carbons (Fsp3) is 0.567. The molecule has 1 amide bonds. The van der Waals surface area contributed by atoms with Gasteiger partial charge in [-0.2, -0.15) is 4.31 Å². The van der Waals surface area contributed by atoms with Crippen LogP contribution in [0.15, 0.2) is 59.5 Å². The van der Waals surface area contributed by atoms with Crippen LogP contribution in [0.2, 0.25) is 0 Å². The van der Waals surface area contributed by atoms with E-state index in [1.807, 2.05) is 44.2 Å². The zero-order chi connectivity index (χ0) is 29.3. The maximum Gasteiger partial charge on any atom is 0.407 e. The van der Waals surface area contributed by atoms with Crippen LogP contribution in [0.3, 0.4) is 0 Å². The Morgan fingerprint density at radius 2 is 1.70 bits per heavy atom. The molecule has 0 aromatic heterocycles. The summed E-state index contributed by atoms with van der Waals surface area (Å²) in [6.07, 6.45) is 0.186. The number of benzene rings is 2. The summed E-state index contributed by atoms with van der Waals surface area (Å²) in [5, 5.41) is 32.8. The van der Waals surface area contributed by atoms with Crippen molar-refractivity contribution in [3.05, 3.63) is 65.7 Å². The second-order valence-corrected chi connectivity index (χ2v) is 13.2. The van der Waals surface area contributed by atoms with Crippen LogP contribution in [0.4, 0.5) is 4.79 Å². The number of aliphatic hydroxyl groups is 3. The molecule has 0 radical (unpaired) electrons. The molecule has 40 heavy (non-hydrogen) atoms. The third kappa shape index (κ3) is 9.01. The monoisotopic (exact) mass is 576 g/mol. The normalized spacial score (nSPS) is 20.9. The predicted molar refractivity (Wildman–Crippen MR) is 153 cm³/mol. The Labute approximate surface area is 238 Å². The average Bonchev–Trinajstić information content (AvgIpc) is 3.26. The number of carbonyl (C=O) groups excluding carboxylic acids is 1. The van der Waals surface area contributed by atoms with Crippen molar-refractivity contribution >= 4 is 16.1 Å². The van der Waals surface area contributed by atoms with Crippen molar-refractivity contribution in [3.8, 4) is 0 Å². The van der Waals surface area contributed by atoms with E-state index in [0.29, 0.717) is 30.7 Å². The molecular formula is C30H44N2O7S. The Balaban J connectivity index is 1.78.